The summed E-state index contributed by atoms with van der Waals surface area (Å²) in [7, 11) is 2.00. The lowest BCUT2D eigenvalue weighted by Gasteiger charge is -2.53. The van der Waals surface area contributed by atoms with Gasteiger partial charge < -0.3 is 10.4 Å². The average molecular weight is 287 g/mol. The molecule has 1 heterocycles. The SMILES string of the molecule is CNCC1(C2(O)CCCC2)Cc2cc3ccsc3cc21. The molecule has 1 unspecified atom stereocenters. The van der Waals surface area contributed by atoms with Crippen molar-refractivity contribution in [1.82, 2.24) is 5.32 Å². The predicted molar refractivity (Wildman–Crippen MR) is 84.6 cm³/mol. The molecule has 0 amide bonds. The van der Waals surface area contributed by atoms with E-state index in [1.54, 1.807) is 11.3 Å². The quantitative estimate of drug-likeness (QED) is 0.908. The van der Waals surface area contributed by atoms with E-state index in [0.717, 1.165) is 25.8 Å². The maximum Gasteiger partial charge on any atom is 0.0759 e. The molecular formula is C17H21NOS. The van der Waals surface area contributed by atoms with Gasteiger partial charge in [0.25, 0.3) is 0 Å². The average Bonchev–Trinajstić information content (AvgIpc) is 3.04. The van der Waals surface area contributed by atoms with Crippen molar-refractivity contribution in [3.8, 4) is 0 Å². The highest BCUT2D eigenvalue weighted by atomic mass is 32.1. The van der Waals surface area contributed by atoms with Crippen LogP contribution in [0.25, 0.3) is 10.1 Å². The van der Waals surface area contributed by atoms with Gasteiger partial charge in [0.1, 0.15) is 0 Å². The van der Waals surface area contributed by atoms with Gasteiger partial charge in [-0.3, -0.25) is 0 Å². The zero-order valence-corrected chi connectivity index (χ0v) is 12.7. The van der Waals surface area contributed by atoms with Crippen LogP contribution in [-0.2, 0) is 11.8 Å². The summed E-state index contributed by atoms with van der Waals surface area (Å²) < 4.78 is 1.35. The summed E-state index contributed by atoms with van der Waals surface area (Å²) in [6.07, 6.45) is 5.26. The van der Waals surface area contributed by atoms with E-state index in [4.69, 9.17) is 0 Å². The van der Waals surface area contributed by atoms with Crippen molar-refractivity contribution in [2.24, 2.45) is 0 Å². The van der Waals surface area contributed by atoms with Crippen molar-refractivity contribution in [3.63, 3.8) is 0 Å². The summed E-state index contributed by atoms with van der Waals surface area (Å²) in [6.45, 7) is 0.882. The van der Waals surface area contributed by atoms with Gasteiger partial charge in [-0.25, -0.2) is 0 Å². The predicted octanol–water partition coefficient (Wildman–Crippen LogP) is 3.22. The van der Waals surface area contributed by atoms with Crippen LogP contribution in [0.4, 0.5) is 0 Å². The Bertz CT molecular complexity index is 656. The van der Waals surface area contributed by atoms with E-state index in [0.29, 0.717) is 0 Å². The molecule has 106 valence electrons. The van der Waals surface area contributed by atoms with Gasteiger partial charge in [0.2, 0.25) is 0 Å². The fraction of sp³-hybridized carbons (Fsp3) is 0.529. The van der Waals surface area contributed by atoms with E-state index in [9.17, 15) is 5.11 Å². The topological polar surface area (TPSA) is 32.3 Å². The monoisotopic (exact) mass is 287 g/mol. The van der Waals surface area contributed by atoms with Gasteiger partial charge >= 0.3 is 0 Å². The minimum atomic E-state index is -0.506. The van der Waals surface area contributed by atoms with Gasteiger partial charge in [-0.1, -0.05) is 12.8 Å². The third-order valence-electron chi connectivity index (χ3n) is 5.49. The standard InChI is InChI=1S/C17H21NOS/c1-18-11-16(17(19)5-2-3-6-17)10-13-8-12-4-7-20-15(12)9-14(13)16/h4,7-9,18-19H,2-3,5-6,10-11H2,1H3. The number of benzene rings is 1. The minimum Gasteiger partial charge on any atom is -0.389 e. The van der Waals surface area contributed by atoms with Crippen LogP contribution in [-0.4, -0.2) is 24.3 Å². The molecule has 4 rings (SSSR count). The number of likely N-dealkylation sites (N-methyl/N-ethyl adjacent to an activating group) is 1. The van der Waals surface area contributed by atoms with Crippen LogP contribution in [0.3, 0.4) is 0 Å². The Labute approximate surface area is 123 Å². The van der Waals surface area contributed by atoms with E-state index >= 15 is 0 Å². The first kappa shape index (κ1) is 12.8. The smallest absolute Gasteiger partial charge is 0.0759 e. The maximum atomic E-state index is 11.2. The normalized spacial score (nSPS) is 27.5. The maximum absolute atomic E-state index is 11.2. The van der Waals surface area contributed by atoms with Crippen LogP contribution >= 0.6 is 11.3 Å². The molecule has 0 spiro atoms. The van der Waals surface area contributed by atoms with Crippen molar-refractivity contribution in [1.29, 1.82) is 0 Å². The fourth-order valence-electron chi connectivity index (χ4n) is 4.44. The Kier molecular flexibility index (Phi) is 2.75. The molecule has 1 atom stereocenters. The summed E-state index contributed by atoms with van der Waals surface area (Å²) in [4.78, 5) is 0. The molecule has 2 N–H and O–H groups in total. The van der Waals surface area contributed by atoms with Crippen LogP contribution in [0, 0.1) is 0 Å². The molecule has 20 heavy (non-hydrogen) atoms. The number of rotatable bonds is 3. The lowest BCUT2D eigenvalue weighted by molar-refractivity contribution is -0.0453. The van der Waals surface area contributed by atoms with Crippen LogP contribution in [0.15, 0.2) is 23.6 Å². The zero-order valence-electron chi connectivity index (χ0n) is 11.9. The van der Waals surface area contributed by atoms with E-state index in [-0.39, 0.29) is 5.41 Å². The molecule has 2 aliphatic carbocycles. The molecule has 1 aromatic carbocycles. The molecule has 2 aliphatic rings. The molecule has 1 saturated carbocycles. The Balaban J connectivity index is 1.85. The second-order valence-electron chi connectivity index (χ2n) is 6.50. The van der Waals surface area contributed by atoms with Gasteiger partial charge in [0, 0.05) is 16.7 Å². The van der Waals surface area contributed by atoms with Gasteiger partial charge in [-0.05, 0) is 66.4 Å². The van der Waals surface area contributed by atoms with Crippen LogP contribution in [0.2, 0.25) is 0 Å². The van der Waals surface area contributed by atoms with E-state index in [2.05, 4.69) is 28.9 Å². The first-order valence-electron chi connectivity index (χ1n) is 7.56. The molecule has 2 aromatic rings. The first-order valence-corrected chi connectivity index (χ1v) is 8.44. The van der Waals surface area contributed by atoms with Crippen molar-refractivity contribution >= 4 is 21.4 Å². The Morgan fingerprint density at radius 3 is 2.85 bits per heavy atom. The van der Waals surface area contributed by atoms with Gasteiger partial charge in [0.05, 0.1) is 5.60 Å². The summed E-state index contributed by atoms with van der Waals surface area (Å²) >= 11 is 1.80. The Morgan fingerprint density at radius 2 is 2.10 bits per heavy atom. The molecule has 0 saturated heterocycles. The Morgan fingerprint density at radius 1 is 1.30 bits per heavy atom. The summed E-state index contributed by atoms with van der Waals surface area (Å²) in [6, 6.07) is 6.86. The highest BCUT2D eigenvalue weighted by Gasteiger charge is 2.57. The number of thiophene rings is 1. The van der Waals surface area contributed by atoms with Crippen molar-refractivity contribution < 1.29 is 5.11 Å². The zero-order chi connectivity index (χ0) is 13.8. The minimum absolute atomic E-state index is 0.0637. The number of hydrogen-bond acceptors (Lipinski definition) is 3. The second-order valence-corrected chi connectivity index (χ2v) is 7.44. The second kappa shape index (κ2) is 4.30. The highest BCUT2D eigenvalue weighted by Crippen LogP contribution is 2.55. The summed E-state index contributed by atoms with van der Waals surface area (Å²) in [5.41, 5.74) is 2.26. The van der Waals surface area contributed by atoms with Gasteiger partial charge in [-0.15, -0.1) is 11.3 Å². The van der Waals surface area contributed by atoms with Crippen LogP contribution < -0.4 is 5.32 Å². The van der Waals surface area contributed by atoms with Crippen LogP contribution in [0.1, 0.15) is 36.8 Å². The molecule has 2 nitrogen and oxygen atoms in total. The lowest BCUT2D eigenvalue weighted by atomic mass is 9.54. The first-order chi connectivity index (χ1) is 9.68. The summed E-state index contributed by atoms with van der Waals surface area (Å²) in [5.74, 6) is 0. The van der Waals surface area contributed by atoms with Crippen molar-refractivity contribution in [2.75, 3.05) is 13.6 Å². The molecule has 0 aliphatic heterocycles. The number of fused-ring (bicyclic) bond motifs is 2. The van der Waals surface area contributed by atoms with Crippen molar-refractivity contribution in [2.45, 2.75) is 43.1 Å². The van der Waals surface area contributed by atoms with E-state index in [1.165, 1.54) is 34.1 Å². The highest BCUT2D eigenvalue weighted by molar-refractivity contribution is 7.17. The third-order valence-corrected chi connectivity index (χ3v) is 6.37. The molecule has 1 aromatic heterocycles. The van der Waals surface area contributed by atoms with E-state index in [1.807, 2.05) is 7.05 Å². The van der Waals surface area contributed by atoms with Crippen molar-refractivity contribution in [3.05, 3.63) is 34.7 Å². The molecular weight excluding hydrogens is 266 g/mol. The summed E-state index contributed by atoms with van der Waals surface area (Å²) in [5, 5.41) is 18.1. The number of aliphatic hydroxyl groups is 1. The fourth-order valence-corrected chi connectivity index (χ4v) is 5.25. The molecule has 0 bridgehead atoms. The van der Waals surface area contributed by atoms with Gasteiger partial charge in [0.15, 0.2) is 0 Å². The Hall–Kier alpha value is -0.900. The van der Waals surface area contributed by atoms with Crippen LogP contribution in [0.5, 0.6) is 0 Å². The molecule has 0 radical (unpaired) electrons. The number of nitrogens with one attached hydrogen (secondary N) is 1. The van der Waals surface area contributed by atoms with E-state index < -0.39 is 5.60 Å². The lowest BCUT2D eigenvalue weighted by Crippen LogP contribution is -2.61. The largest absolute Gasteiger partial charge is 0.389 e. The van der Waals surface area contributed by atoms with Gasteiger partial charge in [-0.2, -0.15) is 0 Å². The third kappa shape index (κ3) is 1.51. The molecule has 1 fully saturated rings. The number of hydrogen-bond donors (Lipinski definition) is 2. The molecule has 3 heteroatoms.